The Labute approximate surface area is 128 Å². The Morgan fingerprint density at radius 1 is 1.32 bits per heavy atom. The molecule has 1 atom stereocenters. The number of carbonyl (C=O) groups is 2. The molecule has 0 spiro atoms. The zero-order valence-electron chi connectivity index (χ0n) is 12.4. The molecule has 1 aromatic carbocycles. The van der Waals surface area contributed by atoms with Crippen molar-refractivity contribution in [3.05, 3.63) is 42.4 Å². The molecule has 114 valence electrons. The van der Waals surface area contributed by atoms with E-state index < -0.39 is 0 Å². The average Bonchev–Trinajstić information content (AvgIpc) is 3.17. The first-order chi connectivity index (χ1) is 10.6. The summed E-state index contributed by atoms with van der Waals surface area (Å²) < 4.78 is 0. The van der Waals surface area contributed by atoms with Crippen molar-refractivity contribution in [2.45, 2.75) is 19.4 Å². The molecule has 1 aromatic heterocycles. The summed E-state index contributed by atoms with van der Waals surface area (Å²) >= 11 is 0. The summed E-state index contributed by atoms with van der Waals surface area (Å²) in [6.07, 6.45) is 4.17. The number of hydrogen-bond acceptors (Lipinski definition) is 3. The van der Waals surface area contributed by atoms with Crippen LogP contribution in [0.25, 0.3) is 11.3 Å². The van der Waals surface area contributed by atoms with Gasteiger partial charge in [-0.05, 0) is 24.1 Å². The van der Waals surface area contributed by atoms with Crippen LogP contribution in [0.1, 0.15) is 23.7 Å². The lowest BCUT2D eigenvalue weighted by atomic mass is 10.1. The van der Waals surface area contributed by atoms with Crippen LogP contribution in [-0.2, 0) is 4.79 Å². The highest BCUT2D eigenvalue weighted by Gasteiger charge is 2.27. The minimum Gasteiger partial charge on any atom is -0.352 e. The first kappa shape index (κ1) is 14.3. The molecular formula is C16H18N4O2. The van der Waals surface area contributed by atoms with Crippen LogP contribution >= 0.6 is 0 Å². The van der Waals surface area contributed by atoms with Crippen molar-refractivity contribution in [3.63, 3.8) is 0 Å². The lowest BCUT2D eigenvalue weighted by Crippen LogP contribution is -2.37. The fourth-order valence-electron chi connectivity index (χ4n) is 2.74. The third kappa shape index (κ3) is 3.00. The average molecular weight is 298 g/mol. The third-order valence-corrected chi connectivity index (χ3v) is 3.82. The number of benzene rings is 1. The molecular weight excluding hydrogens is 280 g/mol. The molecule has 0 unspecified atom stereocenters. The zero-order valence-corrected chi connectivity index (χ0v) is 12.4. The van der Waals surface area contributed by atoms with Crippen LogP contribution in [0.15, 0.2) is 36.8 Å². The predicted octanol–water partition coefficient (Wildman–Crippen LogP) is 1.43. The van der Waals surface area contributed by atoms with Crippen molar-refractivity contribution in [3.8, 4) is 11.3 Å². The molecule has 1 aliphatic heterocycles. The van der Waals surface area contributed by atoms with Gasteiger partial charge in [0.2, 0.25) is 5.91 Å². The van der Waals surface area contributed by atoms with E-state index in [2.05, 4.69) is 15.3 Å². The number of hydrogen-bond donors (Lipinski definition) is 2. The second-order valence-electron chi connectivity index (χ2n) is 5.48. The lowest BCUT2D eigenvalue weighted by molar-refractivity contribution is -0.119. The summed E-state index contributed by atoms with van der Waals surface area (Å²) in [4.78, 5) is 32.3. The Morgan fingerprint density at radius 3 is 2.73 bits per heavy atom. The van der Waals surface area contributed by atoms with E-state index in [0.29, 0.717) is 18.7 Å². The van der Waals surface area contributed by atoms with E-state index >= 15 is 0 Å². The molecule has 0 radical (unpaired) electrons. The van der Waals surface area contributed by atoms with Gasteiger partial charge in [-0.1, -0.05) is 12.1 Å². The molecule has 2 heterocycles. The summed E-state index contributed by atoms with van der Waals surface area (Å²) in [5.74, 6) is -0.0489. The lowest BCUT2D eigenvalue weighted by Gasteiger charge is -2.17. The number of rotatable bonds is 3. The van der Waals surface area contributed by atoms with Crippen molar-refractivity contribution in [1.29, 1.82) is 0 Å². The fraction of sp³-hybridized carbons (Fsp3) is 0.312. The molecule has 2 aromatic rings. The topological polar surface area (TPSA) is 78.1 Å². The monoisotopic (exact) mass is 298 g/mol. The molecule has 1 aliphatic rings. The Bertz CT molecular complexity index is 664. The standard InChI is InChI=1S/C16H18N4O2/c1-11(21)19-14-6-7-20(9-14)16(22)13-4-2-12(3-5-13)15-8-17-10-18-15/h2-5,8,10,14H,6-7,9H2,1H3,(H,17,18)(H,19,21)/t14-/m1/s1. The van der Waals surface area contributed by atoms with Crippen LogP contribution in [0.2, 0.25) is 0 Å². The van der Waals surface area contributed by atoms with E-state index in [0.717, 1.165) is 17.7 Å². The van der Waals surface area contributed by atoms with Gasteiger partial charge in [-0.25, -0.2) is 4.98 Å². The molecule has 0 aliphatic carbocycles. The van der Waals surface area contributed by atoms with E-state index in [4.69, 9.17) is 0 Å². The summed E-state index contributed by atoms with van der Waals surface area (Å²) in [5.41, 5.74) is 2.57. The molecule has 2 amide bonds. The Hall–Kier alpha value is -2.63. The van der Waals surface area contributed by atoms with Crippen molar-refractivity contribution in [2.24, 2.45) is 0 Å². The Kier molecular flexibility index (Phi) is 3.91. The smallest absolute Gasteiger partial charge is 0.253 e. The Balaban J connectivity index is 1.67. The van der Waals surface area contributed by atoms with Gasteiger partial charge >= 0.3 is 0 Å². The highest BCUT2D eigenvalue weighted by atomic mass is 16.2. The number of nitrogens with one attached hydrogen (secondary N) is 2. The van der Waals surface area contributed by atoms with E-state index in [1.807, 2.05) is 24.3 Å². The van der Waals surface area contributed by atoms with Gasteiger partial charge in [0.15, 0.2) is 0 Å². The highest BCUT2D eigenvalue weighted by molar-refractivity contribution is 5.95. The number of aromatic amines is 1. The fourth-order valence-corrected chi connectivity index (χ4v) is 2.74. The first-order valence-electron chi connectivity index (χ1n) is 7.28. The summed E-state index contributed by atoms with van der Waals surface area (Å²) in [6.45, 7) is 2.74. The van der Waals surface area contributed by atoms with Gasteiger partial charge < -0.3 is 15.2 Å². The quantitative estimate of drug-likeness (QED) is 0.899. The van der Waals surface area contributed by atoms with Crippen LogP contribution in [0, 0.1) is 0 Å². The number of amides is 2. The molecule has 3 rings (SSSR count). The SMILES string of the molecule is CC(=O)N[C@@H]1CCN(C(=O)c2ccc(-c3cnc[nH]3)cc2)C1. The van der Waals surface area contributed by atoms with Crippen molar-refractivity contribution in [1.82, 2.24) is 20.2 Å². The number of H-pyrrole nitrogens is 1. The number of imidazole rings is 1. The maximum absolute atomic E-state index is 12.5. The number of aromatic nitrogens is 2. The second kappa shape index (κ2) is 6.01. The van der Waals surface area contributed by atoms with Gasteiger partial charge in [-0.3, -0.25) is 9.59 Å². The molecule has 6 heteroatoms. The van der Waals surface area contributed by atoms with Gasteiger partial charge in [-0.15, -0.1) is 0 Å². The van der Waals surface area contributed by atoms with Crippen molar-refractivity contribution in [2.75, 3.05) is 13.1 Å². The maximum Gasteiger partial charge on any atom is 0.253 e. The molecule has 22 heavy (non-hydrogen) atoms. The van der Waals surface area contributed by atoms with Gasteiger partial charge in [-0.2, -0.15) is 0 Å². The summed E-state index contributed by atoms with van der Waals surface area (Å²) in [5, 5.41) is 2.86. The summed E-state index contributed by atoms with van der Waals surface area (Å²) in [7, 11) is 0. The van der Waals surface area contributed by atoms with Crippen molar-refractivity contribution >= 4 is 11.8 Å². The van der Waals surface area contributed by atoms with Crippen molar-refractivity contribution < 1.29 is 9.59 Å². The largest absolute Gasteiger partial charge is 0.352 e. The molecule has 1 fully saturated rings. The van der Waals surface area contributed by atoms with Crippen LogP contribution in [0.4, 0.5) is 0 Å². The number of likely N-dealkylation sites (tertiary alicyclic amines) is 1. The first-order valence-corrected chi connectivity index (χ1v) is 7.28. The zero-order chi connectivity index (χ0) is 15.5. The molecule has 1 saturated heterocycles. The predicted molar refractivity (Wildman–Crippen MR) is 82.1 cm³/mol. The molecule has 0 bridgehead atoms. The minimum atomic E-state index is -0.0526. The van der Waals surface area contributed by atoms with E-state index in [-0.39, 0.29) is 17.9 Å². The van der Waals surface area contributed by atoms with Crippen LogP contribution < -0.4 is 5.32 Å². The normalized spacial score (nSPS) is 17.5. The van der Waals surface area contributed by atoms with Crippen LogP contribution in [-0.4, -0.2) is 45.8 Å². The highest BCUT2D eigenvalue weighted by Crippen LogP contribution is 2.19. The third-order valence-electron chi connectivity index (χ3n) is 3.82. The van der Waals surface area contributed by atoms with Gasteiger partial charge in [0.1, 0.15) is 0 Å². The maximum atomic E-state index is 12.5. The minimum absolute atomic E-state index is 0.00372. The molecule has 0 saturated carbocycles. The van der Waals surface area contributed by atoms with E-state index in [1.165, 1.54) is 6.92 Å². The van der Waals surface area contributed by atoms with Crippen LogP contribution in [0.5, 0.6) is 0 Å². The molecule has 2 N–H and O–H groups in total. The number of nitrogens with zero attached hydrogens (tertiary/aromatic N) is 2. The molecule has 6 nitrogen and oxygen atoms in total. The van der Waals surface area contributed by atoms with Gasteiger partial charge in [0, 0.05) is 31.6 Å². The van der Waals surface area contributed by atoms with E-state index in [1.54, 1.807) is 17.4 Å². The summed E-state index contributed by atoms with van der Waals surface area (Å²) in [6, 6.07) is 7.52. The second-order valence-corrected chi connectivity index (χ2v) is 5.48. The van der Waals surface area contributed by atoms with E-state index in [9.17, 15) is 9.59 Å². The van der Waals surface area contributed by atoms with Gasteiger partial charge in [0.25, 0.3) is 5.91 Å². The Morgan fingerprint density at radius 2 is 2.09 bits per heavy atom. The van der Waals surface area contributed by atoms with Crippen LogP contribution in [0.3, 0.4) is 0 Å². The number of carbonyl (C=O) groups excluding carboxylic acids is 2. The van der Waals surface area contributed by atoms with Gasteiger partial charge in [0.05, 0.1) is 18.2 Å².